The maximum atomic E-state index is 11.1. The summed E-state index contributed by atoms with van der Waals surface area (Å²) >= 11 is 0. The van der Waals surface area contributed by atoms with E-state index in [1.54, 1.807) is 0 Å². The summed E-state index contributed by atoms with van der Waals surface area (Å²) in [6.45, 7) is 2.59. The number of hydrogen-bond acceptors (Lipinski definition) is 4. The van der Waals surface area contributed by atoms with Crippen LogP contribution in [0.4, 0.5) is 0 Å². The first-order valence-electron chi connectivity index (χ1n) is 7.08. The molecular formula is C16H21N3O2. The van der Waals surface area contributed by atoms with Crippen LogP contribution in [0.15, 0.2) is 40.9 Å². The van der Waals surface area contributed by atoms with Gasteiger partial charge in [0.2, 0.25) is 5.91 Å². The summed E-state index contributed by atoms with van der Waals surface area (Å²) in [7, 11) is 1.89. The van der Waals surface area contributed by atoms with Gasteiger partial charge in [-0.1, -0.05) is 35.5 Å². The highest BCUT2D eigenvalue weighted by molar-refractivity contribution is 5.79. The van der Waals surface area contributed by atoms with E-state index in [0.717, 1.165) is 36.4 Å². The number of nitrogens with two attached hydrogens (primary N) is 1. The average Bonchev–Trinajstić information content (AvgIpc) is 2.96. The van der Waals surface area contributed by atoms with Crippen LogP contribution in [0.3, 0.4) is 0 Å². The van der Waals surface area contributed by atoms with Gasteiger partial charge in [0.15, 0.2) is 0 Å². The third-order valence-corrected chi connectivity index (χ3v) is 3.64. The van der Waals surface area contributed by atoms with Crippen molar-refractivity contribution >= 4 is 5.91 Å². The van der Waals surface area contributed by atoms with E-state index in [4.69, 9.17) is 10.3 Å². The molecule has 0 aliphatic rings. The number of hydrogen-bond donors (Lipinski definition) is 1. The Morgan fingerprint density at radius 2 is 2.10 bits per heavy atom. The molecule has 1 amide bonds. The molecule has 112 valence electrons. The van der Waals surface area contributed by atoms with E-state index in [-0.39, 0.29) is 11.9 Å². The number of primary amides is 1. The highest BCUT2D eigenvalue weighted by Crippen LogP contribution is 2.19. The molecule has 0 saturated heterocycles. The van der Waals surface area contributed by atoms with Crippen LogP contribution in [0.25, 0.3) is 11.3 Å². The molecule has 0 spiro atoms. The summed E-state index contributed by atoms with van der Waals surface area (Å²) in [5, 5.41) is 4.08. The summed E-state index contributed by atoms with van der Waals surface area (Å²) in [6, 6.07) is 11.6. The number of aryl methyl sites for hydroxylation is 1. The van der Waals surface area contributed by atoms with Crippen LogP contribution in [-0.2, 0) is 11.2 Å². The molecule has 0 aliphatic heterocycles. The third-order valence-electron chi connectivity index (χ3n) is 3.64. The number of aromatic nitrogens is 1. The first kappa shape index (κ1) is 15.3. The van der Waals surface area contributed by atoms with Crippen LogP contribution < -0.4 is 5.73 Å². The van der Waals surface area contributed by atoms with Crippen molar-refractivity contribution < 1.29 is 9.32 Å². The quantitative estimate of drug-likeness (QED) is 0.846. The predicted octanol–water partition coefficient (Wildman–Crippen LogP) is 2.08. The van der Waals surface area contributed by atoms with Crippen molar-refractivity contribution in [1.82, 2.24) is 10.1 Å². The molecule has 5 nitrogen and oxygen atoms in total. The van der Waals surface area contributed by atoms with Gasteiger partial charge in [0, 0.05) is 18.1 Å². The van der Waals surface area contributed by atoms with Crippen molar-refractivity contribution in [3.05, 3.63) is 42.2 Å². The molecule has 1 aromatic heterocycles. The van der Waals surface area contributed by atoms with Crippen LogP contribution in [0, 0.1) is 0 Å². The van der Waals surface area contributed by atoms with Crippen LogP contribution >= 0.6 is 0 Å². The van der Waals surface area contributed by atoms with E-state index in [2.05, 4.69) is 5.16 Å². The van der Waals surface area contributed by atoms with Gasteiger partial charge < -0.3 is 10.3 Å². The lowest BCUT2D eigenvalue weighted by Gasteiger charge is -2.21. The van der Waals surface area contributed by atoms with Gasteiger partial charge in [0.1, 0.15) is 11.5 Å². The van der Waals surface area contributed by atoms with Crippen molar-refractivity contribution in [1.29, 1.82) is 0 Å². The Morgan fingerprint density at radius 3 is 2.76 bits per heavy atom. The van der Waals surface area contributed by atoms with Crippen molar-refractivity contribution in [2.45, 2.75) is 25.8 Å². The monoisotopic (exact) mass is 287 g/mol. The van der Waals surface area contributed by atoms with Gasteiger partial charge in [0.05, 0.1) is 6.04 Å². The van der Waals surface area contributed by atoms with E-state index in [1.807, 2.05) is 55.3 Å². The Balaban J connectivity index is 1.85. The largest absolute Gasteiger partial charge is 0.368 e. The second-order valence-electron chi connectivity index (χ2n) is 5.21. The fourth-order valence-electron chi connectivity index (χ4n) is 2.09. The Hall–Kier alpha value is -2.14. The zero-order valence-electron chi connectivity index (χ0n) is 12.5. The lowest BCUT2D eigenvalue weighted by Crippen LogP contribution is -2.40. The molecule has 2 N–H and O–H groups in total. The highest BCUT2D eigenvalue weighted by atomic mass is 16.5. The Labute approximate surface area is 124 Å². The summed E-state index contributed by atoms with van der Waals surface area (Å²) in [4.78, 5) is 13.0. The van der Waals surface area contributed by atoms with Gasteiger partial charge in [-0.15, -0.1) is 0 Å². The first-order valence-corrected chi connectivity index (χ1v) is 7.08. The second kappa shape index (κ2) is 7.04. The molecule has 21 heavy (non-hydrogen) atoms. The first-order chi connectivity index (χ1) is 10.1. The van der Waals surface area contributed by atoms with Crippen LogP contribution in [0.2, 0.25) is 0 Å². The number of carbonyl (C=O) groups is 1. The number of rotatable bonds is 7. The normalized spacial score (nSPS) is 12.5. The molecule has 2 aromatic rings. The average molecular weight is 287 g/mol. The number of carbonyl (C=O) groups excluding carboxylic acids is 1. The van der Waals surface area contributed by atoms with Crippen molar-refractivity contribution in [2.75, 3.05) is 13.6 Å². The number of nitrogens with zero attached hydrogens (tertiary/aromatic N) is 2. The van der Waals surface area contributed by atoms with Gasteiger partial charge in [-0.3, -0.25) is 9.69 Å². The van der Waals surface area contributed by atoms with Gasteiger partial charge in [-0.2, -0.15) is 0 Å². The van der Waals surface area contributed by atoms with Crippen molar-refractivity contribution in [2.24, 2.45) is 5.73 Å². The smallest absolute Gasteiger partial charge is 0.234 e. The fraction of sp³-hybridized carbons (Fsp3) is 0.375. The Kier molecular flexibility index (Phi) is 5.11. The van der Waals surface area contributed by atoms with Gasteiger partial charge >= 0.3 is 0 Å². The molecule has 0 bridgehead atoms. The summed E-state index contributed by atoms with van der Waals surface area (Å²) in [5.74, 6) is 0.553. The molecule has 0 unspecified atom stereocenters. The molecule has 2 rings (SSSR count). The molecule has 1 heterocycles. The van der Waals surface area contributed by atoms with Crippen LogP contribution in [0.1, 0.15) is 19.1 Å². The molecular weight excluding hydrogens is 266 g/mol. The molecule has 0 radical (unpaired) electrons. The van der Waals surface area contributed by atoms with Crippen molar-refractivity contribution in [3.8, 4) is 11.3 Å². The minimum Gasteiger partial charge on any atom is -0.368 e. The lowest BCUT2D eigenvalue weighted by molar-refractivity contribution is -0.122. The minimum absolute atomic E-state index is 0.250. The van der Waals surface area contributed by atoms with E-state index >= 15 is 0 Å². The third kappa shape index (κ3) is 4.16. The Morgan fingerprint density at radius 1 is 1.38 bits per heavy atom. The maximum absolute atomic E-state index is 11.1. The van der Waals surface area contributed by atoms with Gasteiger partial charge in [-0.25, -0.2) is 0 Å². The molecule has 0 fully saturated rings. The van der Waals surface area contributed by atoms with E-state index in [0.29, 0.717) is 0 Å². The van der Waals surface area contributed by atoms with Gasteiger partial charge in [0.25, 0.3) is 0 Å². The SMILES string of the molecule is C[C@H](C(N)=O)N(C)CCCc1cc(-c2ccccc2)no1. The fourth-order valence-corrected chi connectivity index (χ4v) is 2.09. The maximum Gasteiger partial charge on any atom is 0.234 e. The number of likely N-dealkylation sites (N-methyl/N-ethyl adjacent to an activating group) is 1. The zero-order chi connectivity index (χ0) is 15.2. The topological polar surface area (TPSA) is 72.4 Å². The lowest BCUT2D eigenvalue weighted by atomic mass is 10.1. The van der Waals surface area contributed by atoms with E-state index in [1.165, 1.54) is 0 Å². The molecule has 0 saturated carbocycles. The summed E-state index contributed by atoms with van der Waals surface area (Å²) in [5.41, 5.74) is 7.18. The summed E-state index contributed by atoms with van der Waals surface area (Å²) < 4.78 is 5.35. The number of amides is 1. The van der Waals surface area contributed by atoms with Gasteiger partial charge in [-0.05, 0) is 26.9 Å². The van der Waals surface area contributed by atoms with E-state index < -0.39 is 0 Å². The molecule has 0 aliphatic carbocycles. The van der Waals surface area contributed by atoms with E-state index in [9.17, 15) is 4.79 Å². The molecule has 5 heteroatoms. The standard InChI is InChI=1S/C16H21N3O2/c1-12(16(17)20)19(2)10-6-9-14-11-15(18-21-14)13-7-4-3-5-8-13/h3-5,7-8,11-12H,6,9-10H2,1-2H3,(H2,17,20)/t12-/m1/s1. The minimum atomic E-state index is -0.302. The summed E-state index contributed by atoms with van der Waals surface area (Å²) in [6.07, 6.45) is 1.67. The zero-order valence-corrected chi connectivity index (χ0v) is 12.5. The highest BCUT2D eigenvalue weighted by Gasteiger charge is 2.14. The second-order valence-corrected chi connectivity index (χ2v) is 5.21. The Bertz CT molecular complexity index is 580. The van der Waals surface area contributed by atoms with Crippen molar-refractivity contribution in [3.63, 3.8) is 0 Å². The molecule has 1 atom stereocenters. The van der Waals surface area contributed by atoms with Crippen LogP contribution in [-0.4, -0.2) is 35.6 Å². The van der Waals surface area contributed by atoms with Crippen LogP contribution in [0.5, 0.6) is 0 Å². The number of benzene rings is 1. The molecule has 1 aromatic carbocycles. The predicted molar refractivity (Wildman–Crippen MR) is 81.5 cm³/mol.